The van der Waals surface area contributed by atoms with Crippen LogP contribution < -0.4 is 15.4 Å². The topological polar surface area (TPSA) is 119 Å². The van der Waals surface area contributed by atoms with Crippen LogP contribution in [0.1, 0.15) is 54.9 Å². The van der Waals surface area contributed by atoms with E-state index in [-0.39, 0.29) is 29.3 Å². The zero-order chi connectivity index (χ0) is 20.6. The van der Waals surface area contributed by atoms with E-state index in [1.807, 2.05) is 19.1 Å². The second-order valence-corrected chi connectivity index (χ2v) is 7.78. The number of anilines is 2. The molecule has 1 saturated carbocycles. The molecule has 152 valence electrons. The van der Waals surface area contributed by atoms with Crippen LogP contribution in [0.5, 0.6) is 5.88 Å². The van der Waals surface area contributed by atoms with Crippen molar-refractivity contribution in [3.63, 3.8) is 0 Å². The summed E-state index contributed by atoms with van der Waals surface area (Å²) >= 11 is 0. The number of nitrogen functional groups attached to an aromatic ring is 1. The summed E-state index contributed by atoms with van der Waals surface area (Å²) in [5.41, 5.74) is 6.65. The standard InChI is InChI=1S/C21H24N4O4/c1-13-11-25(19(26)16-17(22)23-12-24-18(16)29-13)15-7-5-14(6-8-15)21(20(27)28)9-3-2-4-10-21/h5-8,12-13H,2-4,9-11H2,1H3,(H,27,28)(H2,22,23,24). The van der Waals surface area contributed by atoms with E-state index in [1.54, 1.807) is 17.0 Å². The smallest absolute Gasteiger partial charge is 0.314 e. The first kappa shape index (κ1) is 19.2. The molecule has 0 radical (unpaired) electrons. The molecule has 1 aliphatic carbocycles. The lowest BCUT2D eigenvalue weighted by atomic mass is 9.69. The van der Waals surface area contributed by atoms with Crippen LogP contribution in [0.15, 0.2) is 30.6 Å². The highest BCUT2D eigenvalue weighted by molar-refractivity contribution is 6.10. The van der Waals surface area contributed by atoms with Crippen LogP contribution in [0, 0.1) is 0 Å². The van der Waals surface area contributed by atoms with E-state index in [2.05, 4.69) is 9.97 Å². The molecule has 1 atom stereocenters. The number of nitrogens with zero attached hydrogens (tertiary/aromatic N) is 3. The molecule has 1 aromatic heterocycles. The monoisotopic (exact) mass is 396 g/mol. The number of carbonyl (C=O) groups is 2. The molecule has 3 N–H and O–H groups in total. The predicted molar refractivity (Wildman–Crippen MR) is 107 cm³/mol. The minimum absolute atomic E-state index is 0.0720. The second-order valence-electron chi connectivity index (χ2n) is 7.78. The van der Waals surface area contributed by atoms with Gasteiger partial charge in [0.25, 0.3) is 5.91 Å². The molecule has 0 spiro atoms. The van der Waals surface area contributed by atoms with Gasteiger partial charge < -0.3 is 20.5 Å². The molecule has 0 saturated heterocycles. The number of rotatable bonds is 3. The molecule has 29 heavy (non-hydrogen) atoms. The Balaban J connectivity index is 1.69. The van der Waals surface area contributed by atoms with Gasteiger partial charge in [0.15, 0.2) is 0 Å². The van der Waals surface area contributed by atoms with Gasteiger partial charge in [-0.2, -0.15) is 0 Å². The molecule has 1 amide bonds. The number of fused-ring (bicyclic) bond motifs is 1. The van der Waals surface area contributed by atoms with Gasteiger partial charge in [-0.25, -0.2) is 9.97 Å². The van der Waals surface area contributed by atoms with Crippen molar-refractivity contribution >= 4 is 23.4 Å². The number of amides is 1. The molecule has 2 aliphatic rings. The molecule has 1 unspecified atom stereocenters. The predicted octanol–water partition coefficient (Wildman–Crippen LogP) is 2.77. The number of aromatic nitrogens is 2. The van der Waals surface area contributed by atoms with Gasteiger partial charge in [-0.15, -0.1) is 0 Å². The summed E-state index contributed by atoms with van der Waals surface area (Å²) in [7, 11) is 0. The summed E-state index contributed by atoms with van der Waals surface area (Å²) in [5, 5.41) is 9.91. The molecular formula is C21H24N4O4. The lowest BCUT2D eigenvalue weighted by Crippen LogP contribution is -2.38. The van der Waals surface area contributed by atoms with Crippen LogP contribution in [0.2, 0.25) is 0 Å². The summed E-state index contributed by atoms with van der Waals surface area (Å²) in [6, 6.07) is 7.24. The van der Waals surface area contributed by atoms with Gasteiger partial charge >= 0.3 is 5.97 Å². The van der Waals surface area contributed by atoms with Crippen LogP contribution in [-0.2, 0) is 10.2 Å². The maximum atomic E-state index is 13.2. The Bertz CT molecular complexity index is 938. The van der Waals surface area contributed by atoms with Crippen LogP contribution >= 0.6 is 0 Å². The minimum atomic E-state index is -0.846. The third kappa shape index (κ3) is 3.28. The van der Waals surface area contributed by atoms with Gasteiger partial charge in [-0.05, 0) is 37.5 Å². The summed E-state index contributed by atoms with van der Waals surface area (Å²) in [4.78, 5) is 34.8. The van der Waals surface area contributed by atoms with Crippen LogP contribution in [0.25, 0.3) is 0 Å². The van der Waals surface area contributed by atoms with E-state index in [0.29, 0.717) is 25.1 Å². The summed E-state index contributed by atoms with van der Waals surface area (Å²) in [6.07, 6.45) is 5.13. The van der Waals surface area contributed by atoms with Gasteiger partial charge in [-0.3, -0.25) is 9.59 Å². The number of aliphatic carboxylic acids is 1. The number of nitrogens with two attached hydrogens (primary N) is 1. The molecule has 4 rings (SSSR count). The van der Waals surface area contributed by atoms with Gasteiger partial charge in [0.05, 0.1) is 12.0 Å². The van der Waals surface area contributed by atoms with E-state index in [0.717, 1.165) is 24.8 Å². The van der Waals surface area contributed by atoms with Gasteiger partial charge in [0.1, 0.15) is 23.8 Å². The molecule has 2 heterocycles. The maximum Gasteiger partial charge on any atom is 0.314 e. The average Bonchev–Trinajstić information content (AvgIpc) is 2.85. The highest BCUT2D eigenvalue weighted by Gasteiger charge is 2.41. The van der Waals surface area contributed by atoms with E-state index < -0.39 is 11.4 Å². The molecule has 2 aromatic rings. The van der Waals surface area contributed by atoms with Crippen molar-refractivity contribution in [3.05, 3.63) is 41.7 Å². The first-order valence-electron chi connectivity index (χ1n) is 9.85. The second kappa shape index (κ2) is 7.35. The van der Waals surface area contributed by atoms with Crippen LogP contribution in [0.3, 0.4) is 0 Å². The van der Waals surface area contributed by atoms with E-state index in [9.17, 15) is 14.7 Å². The Morgan fingerprint density at radius 2 is 1.90 bits per heavy atom. The molecule has 1 aliphatic heterocycles. The molecule has 1 fully saturated rings. The van der Waals surface area contributed by atoms with Gasteiger partial charge in [0.2, 0.25) is 5.88 Å². The van der Waals surface area contributed by atoms with Crippen molar-refractivity contribution < 1.29 is 19.4 Å². The normalized spacial score (nSPS) is 21.1. The van der Waals surface area contributed by atoms with Gasteiger partial charge in [-0.1, -0.05) is 31.4 Å². The fourth-order valence-electron chi connectivity index (χ4n) is 4.34. The number of hydrogen-bond acceptors (Lipinski definition) is 6. The molecule has 0 bridgehead atoms. The van der Waals surface area contributed by atoms with Crippen LogP contribution in [-0.4, -0.2) is 39.6 Å². The van der Waals surface area contributed by atoms with Crippen molar-refractivity contribution in [2.45, 2.75) is 50.5 Å². The first-order valence-corrected chi connectivity index (χ1v) is 9.85. The van der Waals surface area contributed by atoms with Crippen molar-refractivity contribution in [1.29, 1.82) is 0 Å². The number of carboxylic acids is 1. The summed E-state index contributed by atoms with van der Waals surface area (Å²) in [6.45, 7) is 2.17. The largest absolute Gasteiger partial charge is 0.481 e. The van der Waals surface area contributed by atoms with Crippen molar-refractivity contribution in [1.82, 2.24) is 9.97 Å². The Labute approximate surface area is 168 Å². The highest BCUT2D eigenvalue weighted by atomic mass is 16.5. The fourth-order valence-corrected chi connectivity index (χ4v) is 4.34. The Morgan fingerprint density at radius 1 is 1.21 bits per heavy atom. The Kier molecular flexibility index (Phi) is 4.86. The number of carbonyl (C=O) groups excluding carboxylic acids is 1. The van der Waals surface area contributed by atoms with E-state index in [1.165, 1.54) is 6.33 Å². The third-order valence-electron chi connectivity index (χ3n) is 5.90. The lowest BCUT2D eigenvalue weighted by molar-refractivity contribution is -0.145. The SMILES string of the molecule is CC1CN(c2ccc(C3(C(=O)O)CCCCC3)cc2)C(=O)c2c(N)ncnc2O1. The summed E-state index contributed by atoms with van der Waals surface area (Å²) < 4.78 is 5.75. The van der Waals surface area contributed by atoms with E-state index in [4.69, 9.17) is 10.5 Å². The Morgan fingerprint density at radius 3 is 2.55 bits per heavy atom. The zero-order valence-corrected chi connectivity index (χ0v) is 16.3. The molecule has 8 nitrogen and oxygen atoms in total. The van der Waals surface area contributed by atoms with Crippen molar-refractivity contribution in [2.24, 2.45) is 0 Å². The summed E-state index contributed by atoms with van der Waals surface area (Å²) in [5.74, 6) is -0.860. The average molecular weight is 396 g/mol. The van der Waals surface area contributed by atoms with Gasteiger partial charge in [0, 0.05) is 5.69 Å². The highest BCUT2D eigenvalue weighted by Crippen LogP contribution is 2.40. The lowest BCUT2D eigenvalue weighted by Gasteiger charge is -2.34. The minimum Gasteiger partial charge on any atom is -0.481 e. The number of hydrogen-bond donors (Lipinski definition) is 2. The quantitative estimate of drug-likeness (QED) is 0.819. The fraction of sp³-hybridized carbons (Fsp3) is 0.429. The first-order chi connectivity index (χ1) is 13.9. The third-order valence-corrected chi connectivity index (χ3v) is 5.90. The molecular weight excluding hydrogens is 372 g/mol. The number of ether oxygens (including phenoxy) is 1. The molecule has 1 aromatic carbocycles. The van der Waals surface area contributed by atoms with Crippen molar-refractivity contribution in [2.75, 3.05) is 17.2 Å². The van der Waals surface area contributed by atoms with E-state index >= 15 is 0 Å². The van der Waals surface area contributed by atoms with Crippen LogP contribution in [0.4, 0.5) is 11.5 Å². The van der Waals surface area contributed by atoms with Crippen molar-refractivity contribution in [3.8, 4) is 5.88 Å². The maximum absolute atomic E-state index is 13.2. The molecule has 8 heteroatoms. The number of carboxylic acid groups (broad SMARTS) is 1. The Hall–Kier alpha value is -3.16. The zero-order valence-electron chi connectivity index (χ0n) is 16.3. The number of benzene rings is 1.